The molecule has 0 unspecified atom stereocenters. The first-order chi connectivity index (χ1) is 7.16. The molecule has 0 spiro atoms. The molecule has 0 atom stereocenters. The second kappa shape index (κ2) is 4.21. The molecular formula is C11H8BrClN2. The molecular weight excluding hydrogens is 275 g/mol. The topological polar surface area (TPSA) is 38.9 Å². The fraction of sp³-hybridized carbons (Fsp3) is 0. The number of aromatic nitrogens is 1. The molecule has 2 N–H and O–H groups in total. The van der Waals surface area contributed by atoms with Crippen LogP contribution in [0.25, 0.3) is 11.1 Å². The highest BCUT2D eigenvalue weighted by molar-refractivity contribution is 9.10. The van der Waals surface area contributed by atoms with Crippen LogP contribution in [0.3, 0.4) is 0 Å². The highest BCUT2D eigenvalue weighted by Gasteiger charge is 2.03. The molecule has 1 aromatic heterocycles. The first kappa shape index (κ1) is 10.5. The minimum absolute atomic E-state index is 0.653. The van der Waals surface area contributed by atoms with Crippen LogP contribution in [0.1, 0.15) is 0 Å². The van der Waals surface area contributed by atoms with E-state index in [1.54, 1.807) is 6.20 Å². The van der Waals surface area contributed by atoms with Gasteiger partial charge in [0.25, 0.3) is 0 Å². The Balaban J connectivity index is 2.53. The highest BCUT2D eigenvalue weighted by Crippen LogP contribution is 2.28. The van der Waals surface area contributed by atoms with Crippen LogP contribution in [0.15, 0.2) is 41.1 Å². The molecule has 15 heavy (non-hydrogen) atoms. The summed E-state index contributed by atoms with van der Waals surface area (Å²) in [6.07, 6.45) is 1.63. The van der Waals surface area contributed by atoms with Crippen molar-refractivity contribution in [3.05, 3.63) is 46.2 Å². The average molecular weight is 284 g/mol. The molecule has 2 nitrogen and oxygen atoms in total. The zero-order chi connectivity index (χ0) is 10.8. The fourth-order valence-corrected chi connectivity index (χ4v) is 1.78. The third-order valence-electron chi connectivity index (χ3n) is 2.06. The van der Waals surface area contributed by atoms with Gasteiger partial charge in [-0.2, -0.15) is 0 Å². The Morgan fingerprint density at radius 2 is 1.87 bits per heavy atom. The number of pyridine rings is 1. The summed E-state index contributed by atoms with van der Waals surface area (Å²) in [5, 5.41) is 0.713. The van der Waals surface area contributed by atoms with Gasteiger partial charge in [0.1, 0.15) is 4.60 Å². The number of rotatable bonds is 1. The van der Waals surface area contributed by atoms with Gasteiger partial charge >= 0.3 is 0 Å². The third kappa shape index (κ3) is 2.30. The number of anilines is 1. The smallest absolute Gasteiger partial charge is 0.106 e. The van der Waals surface area contributed by atoms with Crippen molar-refractivity contribution in [1.29, 1.82) is 0 Å². The average Bonchev–Trinajstić information content (AvgIpc) is 2.23. The Morgan fingerprint density at radius 3 is 2.53 bits per heavy atom. The molecule has 0 saturated heterocycles. The second-order valence-corrected chi connectivity index (χ2v) is 4.35. The Bertz CT molecular complexity index is 482. The predicted octanol–water partition coefficient (Wildman–Crippen LogP) is 3.75. The number of hydrogen-bond donors (Lipinski definition) is 1. The zero-order valence-electron chi connectivity index (χ0n) is 7.74. The SMILES string of the molecule is Nc1cnc(Br)cc1-c1ccc(Cl)cc1. The quantitative estimate of drug-likeness (QED) is 0.810. The van der Waals surface area contributed by atoms with Gasteiger partial charge in [-0.3, -0.25) is 0 Å². The number of nitrogen functional groups attached to an aromatic ring is 1. The molecule has 4 heteroatoms. The first-order valence-electron chi connectivity index (χ1n) is 4.34. The van der Waals surface area contributed by atoms with E-state index in [0.717, 1.165) is 15.7 Å². The number of nitrogens with zero attached hydrogens (tertiary/aromatic N) is 1. The highest BCUT2D eigenvalue weighted by atomic mass is 79.9. The van der Waals surface area contributed by atoms with Crippen LogP contribution in [0.2, 0.25) is 5.02 Å². The summed E-state index contributed by atoms with van der Waals surface area (Å²) in [5.74, 6) is 0. The van der Waals surface area contributed by atoms with Gasteiger partial charge in [0, 0.05) is 10.6 Å². The summed E-state index contributed by atoms with van der Waals surface area (Å²) >= 11 is 9.13. The fourth-order valence-electron chi connectivity index (χ4n) is 1.32. The van der Waals surface area contributed by atoms with Crippen molar-refractivity contribution in [2.75, 3.05) is 5.73 Å². The lowest BCUT2D eigenvalue weighted by molar-refractivity contribution is 1.28. The first-order valence-corrected chi connectivity index (χ1v) is 5.51. The molecule has 0 amide bonds. The molecule has 0 fully saturated rings. The Morgan fingerprint density at radius 1 is 1.20 bits per heavy atom. The van der Waals surface area contributed by atoms with Crippen LogP contribution in [0.5, 0.6) is 0 Å². The summed E-state index contributed by atoms with van der Waals surface area (Å²) in [7, 11) is 0. The normalized spacial score (nSPS) is 10.3. The van der Waals surface area contributed by atoms with E-state index >= 15 is 0 Å². The van der Waals surface area contributed by atoms with Crippen molar-refractivity contribution in [2.24, 2.45) is 0 Å². The van der Waals surface area contributed by atoms with Gasteiger partial charge in [-0.1, -0.05) is 23.7 Å². The van der Waals surface area contributed by atoms with Crippen molar-refractivity contribution < 1.29 is 0 Å². The van der Waals surface area contributed by atoms with E-state index in [-0.39, 0.29) is 0 Å². The van der Waals surface area contributed by atoms with E-state index in [2.05, 4.69) is 20.9 Å². The van der Waals surface area contributed by atoms with Gasteiger partial charge in [-0.05, 0) is 39.7 Å². The Labute approximate surface area is 101 Å². The van der Waals surface area contributed by atoms with Crippen molar-refractivity contribution in [3.8, 4) is 11.1 Å². The Kier molecular flexibility index (Phi) is 2.93. The summed E-state index contributed by atoms with van der Waals surface area (Å²) < 4.78 is 0.765. The van der Waals surface area contributed by atoms with Crippen LogP contribution >= 0.6 is 27.5 Å². The molecule has 0 radical (unpaired) electrons. The maximum Gasteiger partial charge on any atom is 0.106 e. The largest absolute Gasteiger partial charge is 0.397 e. The van der Waals surface area contributed by atoms with Crippen LogP contribution in [-0.4, -0.2) is 4.98 Å². The molecule has 0 bridgehead atoms. The third-order valence-corrected chi connectivity index (χ3v) is 2.74. The molecule has 2 aromatic rings. The van der Waals surface area contributed by atoms with Gasteiger partial charge in [0.2, 0.25) is 0 Å². The number of nitrogens with two attached hydrogens (primary N) is 1. The van der Waals surface area contributed by atoms with E-state index in [4.69, 9.17) is 17.3 Å². The van der Waals surface area contributed by atoms with Gasteiger partial charge in [0.15, 0.2) is 0 Å². The minimum atomic E-state index is 0.653. The van der Waals surface area contributed by atoms with Crippen LogP contribution < -0.4 is 5.73 Å². The monoisotopic (exact) mass is 282 g/mol. The van der Waals surface area contributed by atoms with Crippen LogP contribution in [0.4, 0.5) is 5.69 Å². The van der Waals surface area contributed by atoms with Gasteiger partial charge in [-0.15, -0.1) is 0 Å². The molecule has 2 rings (SSSR count). The second-order valence-electron chi connectivity index (χ2n) is 3.10. The van der Waals surface area contributed by atoms with Gasteiger partial charge in [0.05, 0.1) is 11.9 Å². The van der Waals surface area contributed by atoms with Crippen molar-refractivity contribution in [3.63, 3.8) is 0 Å². The molecule has 1 aromatic carbocycles. The van der Waals surface area contributed by atoms with E-state index in [1.165, 1.54) is 0 Å². The summed E-state index contributed by atoms with van der Waals surface area (Å²) in [5.41, 5.74) is 8.48. The number of halogens is 2. The van der Waals surface area contributed by atoms with E-state index < -0.39 is 0 Å². The van der Waals surface area contributed by atoms with E-state index in [0.29, 0.717) is 10.7 Å². The van der Waals surface area contributed by atoms with Crippen LogP contribution in [0, 0.1) is 0 Å². The number of hydrogen-bond acceptors (Lipinski definition) is 2. The maximum atomic E-state index is 5.84. The number of benzene rings is 1. The van der Waals surface area contributed by atoms with Gasteiger partial charge < -0.3 is 5.73 Å². The van der Waals surface area contributed by atoms with E-state index in [9.17, 15) is 0 Å². The summed E-state index contributed by atoms with van der Waals surface area (Å²) in [6, 6.07) is 9.43. The lowest BCUT2D eigenvalue weighted by Gasteiger charge is -2.05. The minimum Gasteiger partial charge on any atom is -0.397 e. The van der Waals surface area contributed by atoms with Gasteiger partial charge in [-0.25, -0.2) is 4.98 Å². The summed E-state index contributed by atoms with van der Waals surface area (Å²) in [6.45, 7) is 0. The lowest BCUT2D eigenvalue weighted by atomic mass is 10.1. The molecule has 1 heterocycles. The molecule has 76 valence electrons. The van der Waals surface area contributed by atoms with Crippen molar-refractivity contribution >= 4 is 33.2 Å². The molecule has 0 saturated carbocycles. The maximum absolute atomic E-state index is 5.84. The zero-order valence-corrected chi connectivity index (χ0v) is 10.1. The van der Waals surface area contributed by atoms with Crippen molar-refractivity contribution in [2.45, 2.75) is 0 Å². The molecule has 0 aliphatic heterocycles. The lowest BCUT2D eigenvalue weighted by Crippen LogP contribution is -1.91. The predicted molar refractivity (Wildman–Crippen MR) is 66.8 cm³/mol. The molecule has 0 aliphatic rings. The van der Waals surface area contributed by atoms with Crippen molar-refractivity contribution in [1.82, 2.24) is 4.98 Å². The van der Waals surface area contributed by atoms with E-state index in [1.807, 2.05) is 30.3 Å². The van der Waals surface area contributed by atoms with Crippen LogP contribution in [-0.2, 0) is 0 Å². The Hall–Kier alpha value is -1.06. The summed E-state index contributed by atoms with van der Waals surface area (Å²) in [4.78, 5) is 4.05. The molecule has 0 aliphatic carbocycles. The standard InChI is InChI=1S/C11H8BrClN2/c12-11-5-9(10(14)6-15-11)7-1-3-8(13)4-2-7/h1-6H,14H2.